The molecule has 0 saturated heterocycles. The molecule has 0 fully saturated rings. The second kappa shape index (κ2) is 8.07. The molecule has 2 heterocycles. The lowest BCUT2D eigenvalue weighted by Crippen LogP contribution is -2.38. The Morgan fingerprint density at radius 1 is 1.38 bits per heavy atom. The van der Waals surface area contributed by atoms with Crippen LogP contribution in [-0.2, 0) is 10.0 Å². The Bertz CT molecular complexity index is 866. The maximum absolute atomic E-state index is 12.4. The Kier molecular flexibility index (Phi) is 5.80. The number of aliphatic imine (C=N–C) groups is 1. The van der Waals surface area contributed by atoms with Crippen LogP contribution >= 0.6 is 11.3 Å². The lowest BCUT2D eigenvalue weighted by molar-refractivity contribution is 0.262. The van der Waals surface area contributed by atoms with Crippen LogP contribution in [-0.4, -0.2) is 45.4 Å². The first-order valence-corrected chi connectivity index (χ1v) is 10.6. The predicted octanol–water partition coefficient (Wildman–Crippen LogP) is 1.80. The standard InChI is InChI=1S/C17H22N4O3S2/c1-21(26(22,23)16-7-4-12-25-16)10-9-19-17(18)20-14-8-11-24-15-6-3-2-5-13(14)15/h2-7,12,14H,8-11H2,1H3,(H3,18,19,20). The smallest absolute Gasteiger partial charge is 0.252 e. The molecular weight excluding hydrogens is 372 g/mol. The SMILES string of the molecule is CN(CCN=C(N)NC1CCOc2ccccc21)S(=O)(=O)c1cccs1. The molecule has 9 heteroatoms. The lowest BCUT2D eigenvalue weighted by Gasteiger charge is -2.27. The van der Waals surface area contributed by atoms with Crippen molar-refractivity contribution in [3.63, 3.8) is 0 Å². The van der Waals surface area contributed by atoms with Crippen molar-refractivity contribution in [2.75, 3.05) is 26.7 Å². The molecule has 0 spiro atoms. The molecule has 1 atom stereocenters. The summed E-state index contributed by atoms with van der Waals surface area (Å²) in [6.45, 7) is 1.15. The maximum atomic E-state index is 12.4. The Hall–Kier alpha value is -2.10. The van der Waals surface area contributed by atoms with Crippen molar-refractivity contribution in [1.82, 2.24) is 9.62 Å². The summed E-state index contributed by atoms with van der Waals surface area (Å²) in [7, 11) is -1.91. The van der Waals surface area contributed by atoms with Crippen LogP contribution in [0.3, 0.4) is 0 Å². The van der Waals surface area contributed by atoms with Crippen LogP contribution in [0, 0.1) is 0 Å². The van der Waals surface area contributed by atoms with Gasteiger partial charge in [-0.25, -0.2) is 8.42 Å². The van der Waals surface area contributed by atoms with Crippen LogP contribution in [0.2, 0.25) is 0 Å². The summed E-state index contributed by atoms with van der Waals surface area (Å²) in [6, 6.07) is 11.2. The van der Waals surface area contributed by atoms with Crippen LogP contribution in [0.25, 0.3) is 0 Å². The third-order valence-electron chi connectivity index (χ3n) is 4.14. The largest absolute Gasteiger partial charge is 0.493 e. The average molecular weight is 395 g/mol. The van der Waals surface area contributed by atoms with E-state index in [1.807, 2.05) is 24.3 Å². The van der Waals surface area contributed by atoms with Crippen molar-refractivity contribution in [2.24, 2.45) is 10.7 Å². The van der Waals surface area contributed by atoms with E-state index in [1.165, 1.54) is 15.6 Å². The molecule has 0 saturated carbocycles. The van der Waals surface area contributed by atoms with Gasteiger partial charge in [0.05, 0.1) is 19.2 Å². The van der Waals surface area contributed by atoms with Crippen LogP contribution < -0.4 is 15.8 Å². The summed E-state index contributed by atoms with van der Waals surface area (Å²) in [5.41, 5.74) is 7.03. The number of nitrogens with two attached hydrogens (primary N) is 1. The van der Waals surface area contributed by atoms with Gasteiger partial charge < -0.3 is 15.8 Å². The summed E-state index contributed by atoms with van der Waals surface area (Å²) in [5, 5.41) is 4.94. The van der Waals surface area contributed by atoms with Gasteiger partial charge in [-0.1, -0.05) is 24.3 Å². The van der Waals surface area contributed by atoms with E-state index in [2.05, 4.69) is 10.3 Å². The van der Waals surface area contributed by atoms with Crippen molar-refractivity contribution in [3.8, 4) is 5.75 Å². The highest BCUT2D eigenvalue weighted by Crippen LogP contribution is 2.31. The maximum Gasteiger partial charge on any atom is 0.252 e. The number of rotatable bonds is 6. The minimum absolute atomic E-state index is 0.0382. The molecule has 1 aliphatic heterocycles. The van der Waals surface area contributed by atoms with Crippen LogP contribution in [0.4, 0.5) is 0 Å². The van der Waals surface area contributed by atoms with Crippen LogP contribution in [0.15, 0.2) is 51.0 Å². The minimum Gasteiger partial charge on any atom is -0.493 e. The number of ether oxygens (including phenoxy) is 1. The first-order valence-electron chi connectivity index (χ1n) is 8.26. The monoisotopic (exact) mass is 394 g/mol. The zero-order valence-corrected chi connectivity index (χ0v) is 16.1. The van der Waals surface area contributed by atoms with Gasteiger partial charge in [-0.15, -0.1) is 11.3 Å². The number of para-hydroxylation sites is 1. The Morgan fingerprint density at radius 3 is 2.96 bits per heavy atom. The van der Waals surface area contributed by atoms with E-state index < -0.39 is 10.0 Å². The molecule has 0 bridgehead atoms. The van der Waals surface area contributed by atoms with Crippen LogP contribution in [0.1, 0.15) is 18.0 Å². The molecule has 0 amide bonds. The zero-order valence-electron chi connectivity index (χ0n) is 14.5. The fourth-order valence-corrected chi connectivity index (χ4v) is 5.07. The third kappa shape index (κ3) is 4.17. The van der Waals surface area contributed by atoms with Gasteiger partial charge in [-0.3, -0.25) is 4.99 Å². The lowest BCUT2D eigenvalue weighted by atomic mass is 10.0. The molecule has 1 aromatic heterocycles. The first-order chi connectivity index (χ1) is 12.5. The minimum atomic E-state index is -3.46. The second-order valence-corrected chi connectivity index (χ2v) is 9.12. The Morgan fingerprint density at radius 2 is 2.19 bits per heavy atom. The molecule has 26 heavy (non-hydrogen) atoms. The number of benzene rings is 1. The highest BCUT2D eigenvalue weighted by Gasteiger charge is 2.22. The van der Waals surface area contributed by atoms with E-state index >= 15 is 0 Å². The molecule has 0 aliphatic carbocycles. The Labute approximate surface area is 157 Å². The number of guanidine groups is 1. The van der Waals surface area contributed by atoms with Gasteiger partial charge >= 0.3 is 0 Å². The normalized spacial score (nSPS) is 17.6. The summed E-state index contributed by atoms with van der Waals surface area (Å²) in [5.74, 6) is 1.15. The van der Waals surface area contributed by atoms with Crippen LogP contribution in [0.5, 0.6) is 5.75 Å². The molecular formula is C17H22N4O3S2. The van der Waals surface area contributed by atoms with E-state index in [1.54, 1.807) is 24.6 Å². The summed E-state index contributed by atoms with van der Waals surface area (Å²) < 4.78 is 31.9. The Balaban J connectivity index is 1.56. The fourth-order valence-electron chi connectivity index (χ4n) is 2.71. The molecule has 0 radical (unpaired) electrons. The van der Waals surface area contributed by atoms with Crippen molar-refractivity contribution in [1.29, 1.82) is 0 Å². The first kappa shape index (κ1) is 18.7. The predicted molar refractivity (Wildman–Crippen MR) is 103 cm³/mol. The highest BCUT2D eigenvalue weighted by atomic mass is 32.2. The highest BCUT2D eigenvalue weighted by molar-refractivity contribution is 7.91. The van der Waals surface area contributed by atoms with Crippen molar-refractivity contribution < 1.29 is 13.2 Å². The number of thiophene rings is 1. The van der Waals surface area contributed by atoms with Gasteiger partial charge in [0.25, 0.3) is 10.0 Å². The third-order valence-corrected chi connectivity index (χ3v) is 7.37. The van der Waals surface area contributed by atoms with Crippen molar-refractivity contribution in [2.45, 2.75) is 16.7 Å². The molecule has 140 valence electrons. The van der Waals surface area contributed by atoms with Gasteiger partial charge in [0, 0.05) is 25.6 Å². The van der Waals surface area contributed by atoms with E-state index in [-0.39, 0.29) is 19.1 Å². The molecule has 3 N–H and O–H groups in total. The molecule has 1 aliphatic rings. The van der Waals surface area contributed by atoms with E-state index in [0.717, 1.165) is 17.7 Å². The summed E-state index contributed by atoms with van der Waals surface area (Å²) in [4.78, 5) is 4.27. The fraction of sp³-hybridized carbons (Fsp3) is 0.353. The van der Waals surface area contributed by atoms with E-state index in [4.69, 9.17) is 10.5 Å². The zero-order chi connectivity index (χ0) is 18.6. The molecule has 7 nitrogen and oxygen atoms in total. The summed E-state index contributed by atoms with van der Waals surface area (Å²) >= 11 is 1.20. The average Bonchev–Trinajstić information content (AvgIpc) is 3.17. The molecule has 2 aromatic rings. The topological polar surface area (TPSA) is 97.0 Å². The van der Waals surface area contributed by atoms with Gasteiger partial charge in [0.2, 0.25) is 0 Å². The van der Waals surface area contributed by atoms with Gasteiger partial charge in [0.1, 0.15) is 9.96 Å². The number of fused-ring (bicyclic) bond motifs is 1. The van der Waals surface area contributed by atoms with Gasteiger partial charge in [0.15, 0.2) is 5.96 Å². The number of nitrogens with one attached hydrogen (secondary N) is 1. The number of hydrogen-bond donors (Lipinski definition) is 2. The second-order valence-electron chi connectivity index (χ2n) is 5.90. The number of sulfonamides is 1. The van der Waals surface area contributed by atoms with E-state index in [0.29, 0.717) is 16.8 Å². The van der Waals surface area contributed by atoms with Gasteiger partial charge in [-0.2, -0.15) is 4.31 Å². The quantitative estimate of drug-likeness (QED) is 0.575. The van der Waals surface area contributed by atoms with Crippen molar-refractivity contribution in [3.05, 3.63) is 47.3 Å². The van der Waals surface area contributed by atoms with E-state index in [9.17, 15) is 8.42 Å². The molecule has 1 aromatic carbocycles. The number of nitrogens with zero attached hydrogens (tertiary/aromatic N) is 2. The van der Waals surface area contributed by atoms with Crippen molar-refractivity contribution >= 4 is 27.3 Å². The number of hydrogen-bond acceptors (Lipinski definition) is 5. The molecule has 3 rings (SSSR count). The summed E-state index contributed by atoms with van der Waals surface area (Å²) in [6.07, 6.45) is 0.792. The molecule has 1 unspecified atom stereocenters. The van der Waals surface area contributed by atoms with Gasteiger partial charge in [-0.05, 0) is 17.5 Å². The number of likely N-dealkylation sites (N-methyl/N-ethyl adjacent to an activating group) is 1.